The standard InChI is InChI=1S/C20H30N2O4/c1-13-10-14(2)17(15(3)11-13)12-18(23)21-19(20(24)25-4)16-6-8-22(26-5)9-7-16/h10-11,16,19H,6-9,12H2,1-5H3,(H,21,23). The summed E-state index contributed by atoms with van der Waals surface area (Å²) in [5.74, 6) is -0.478. The fourth-order valence-electron chi connectivity index (χ4n) is 3.76. The van der Waals surface area contributed by atoms with Gasteiger partial charge in [0.1, 0.15) is 6.04 Å². The van der Waals surface area contributed by atoms with Crippen LogP contribution >= 0.6 is 0 Å². The summed E-state index contributed by atoms with van der Waals surface area (Å²) in [6.07, 6.45) is 1.81. The lowest BCUT2D eigenvalue weighted by Crippen LogP contribution is -2.50. The zero-order chi connectivity index (χ0) is 19.3. The molecule has 1 fully saturated rings. The van der Waals surface area contributed by atoms with Crippen LogP contribution in [0.2, 0.25) is 0 Å². The highest BCUT2D eigenvalue weighted by atomic mass is 16.7. The number of nitrogens with zero attached hydrogens (tertiary/aromatic N) is 1. The molecule has 0 saturated carbocycles. The van der Waals surface area contributed by atoms with Crippen molar-refractivity contribution in [3.05, 3.63) is 34.4 Å². The summed E-state index contributed by atoms with van der Waals surface area (Å²) < 4.78 is 4.93. The quantitative estimate of drug-likeness (QED) is 0.785. The Morgan fingerprint density at radius 1 is 1.15 bits per heavy atom. The molecule has 1 aliphatic heterocycles. The van der Waals surface area contributed by atoms with E-state index < -0.39 is 6.04 Å². The van der Waals surface area contributed by atoms with E-state index in [1.807, 2.05) is 25.8 Å². The highest BCUT2D eigenvalue weighted by Crippen LogP contribution is 2.22. The van der Waals surface area contributed by atoms with Crippen LogP contribution in [-0.4, -0.2) is 50.3 Å². The Morgan fingerprint density at radius 2 is 1.73 bits per heavy atom. The maximum absolute atomic E-state index is 12.6. The Bertz CT molecular complexity index is 628. The number of methoxy groups -OCH3 is 1. The summed E-state index contributed by atoms with van der Waals surface area (Å²) in [6, 6.07) is 3.54. The van der Waals surface area contributed by atoms with Crippen LogP contribution in [0.3, 0.4) is 0 Å². The number of benzene rings is 1. The molecule has 6 heteroatoms. The highest BCUT2D eigenvalue weighted by molar-refractivity contribution is 5.86. The molecule has 144 valence electrons. The molecule has 1 atom stereocenters. The fourth-order valence-corrected chi connectivity index (χ4v) is 3.76. The average molecular weight is 362 g/mol. The molecular formula is C20H30N2O4. The van der Waals surface area contributed by atoms with E-state index >= 15 is 0 Å². The predicted octanol–water partition coefficient (Wildman–Crippen LogP) is 2.09. The summed E-state index contributed by atoms with van der Waals surface area (Å²) in [6.45, 7) is 7.55. The lowest BCUT2D eigenvalue weighted by Gasteiger charge is -2.33. The van der Waals surface area contributed by atoms with Gasteiger partial charge < -0.3 is 14.9 Å². The molecule has 0 spiro atoms. The zero-order valence-electron chi connectivity index (χ0n) is 16.4. The summed E-state index contributed by atoms with van der Waals surface area (Å²) in [7, 11) is 3.01. The summed E-state index contributed by atoms with van der Waals surface area (Å²) in [4.78, 5) is 30.1. The van der Waals surface area contributed by atoms with E-state index in [0.717, 1.165) is 42.6 Å². The summed E-state index contributed by atoms with van der Waals surface area (Å²) in [5.41, 5.74) is 4.40. The van der Waals surface area contributed by atoms with Gasteiger partial charge >= 0.3 is 5.97 Å². The first kappa shape index (κ1) is 20.4. The fraction of sp³-hybridized carbons (Fsp3) is 0.600. The number of hydroxylamine groups is 2. The smallest absolute Gasteiger partial charge is 0.328 e. The van der Waals surface area contributed by atoms with Crippen molar-refractivity contribution in [1.82, 2.24) is 10.4 Å². The molecule has 0 aromatic heterocycles. The minimum absolute atomic E-state index is 0.0537. The maximum atomic E-state index is 12.6. The van der Waals surface area contributed by atoms with Gasteiger partial charge in [0.2, 0.25) is 5.91 Å². The van der Waals surface area contributed by atoms with Crippen LogP contribution in [0, 0.1) is 26.7 Å². The maximum Gasteiger partial charge on any atom is 0.328 e. The molecule has 0 radical (unpaired) electrons. The molecule has 0 aliphatic carbocycles. The second kappa shape index (κ2) is 9.14. The van der Waals surface area contributed by atoms with Gasteiger partial charge in [0.15, 0.2) is 0 Å². The Kier molecular flexibility index (Phi) is 7.17. The van der Waals surface area contributed by atoms with Crippen LogP contribution in [0.1, 0.15) is 35.1 Å². The van der Waals surface area contributed by atoms with Crippen molar-refractivity contribution in [2.75, 3.05) is 27.3 Å². The lowest BCUT2D eigenvalue weighted by molar-refractivity contribution is -0.158. The SMILES string of the molecule is COC(=O)C(NC(=O)Cc1c(C)cc(C)cc1C)C1CCN(OC)CC1. The van der Waals surface area contributed by atoms with E-state index in [4.69, 9.17) is 9.57 Å². The second-order valence-electron chi connectivity index (χ2n) is 7.07. The first-order valence-electron chi connectivity index (χ1n) is 9.08. The van der Waals surface area contributed by atoms with Crippen LogP contribution < -0.4 is 5.32 Å². The molecule has 1 amide bonds. The molecule has 1 aromatic carbocycles. The molecule has 6 nitrogen and oxygen atoms in total. The number of rotatable bonds is 6. The van der Waals surface area contributed by atoms with Crippen LogP contribution in [0.25, 0.3) is 0 Å². The first-order valence-corrected chi connectivity index (χ1v) is 9.08. The molecule has 2 rings (SSSR count). The molecule has 0 bridgehead atoms. The van der Waals surface area contributed by atoms with Crippen molar-refractivity contribution in [2.45, 2.75) is 46.1 Å². The molecule has 1 aromatic rings. The molecule has 1 heterocycles. The van der Waals surface area contributed by atoms with Crippen LogP contribution in [0.4, 0.5) is 0 Å². The van der Waals surface area contributed by atoms with Gasteiger partial charge in [-0.3, -0.25) is 4.79 Å². The Hall–Kier alpha value is -1.92. The predicted molar refractivity (Wildman–Crippen MR) is 99.6 cm³/mol. The van der Waals surface area contributed by atoms with Gasteiger partial charge in [0, 0.05) is 13.1 Å². The number of piperidine rings is 1. The first-order chi connectivity index (χ1) is 12.3. The van der Waals surface area contributed by atoms with Gasteiger partial charge in [0.05, 0.1) is 20.6 Å². The minimum atomic E-state index is -0.613. The van der Waals surface area contributed by atoms with Gasteiger partial charge in [-0.25, -0.2) is 4.79 Å². The Balaban J connectivity index is 2.06. The number of esters is 1. The van der Waals surface area contributed by atoms with E-state index in [1.54, 1.807) is 7.11 Å². The van der Waals surface area contributed by atoms with E-state index in [-0.39, 0.29) is 24.2 Å². The van der Waals surface area contributed by atoms with Crippen molar-refractivity contribution in [3.63, 3.8) is 0 Å². The van der Waals surface area contributed by atoms with Gasteiger partial charge in [-0.2, -0.15) is 5.06 Å². The average Bonchev–Trinajstić information content (AvgIpc) is 2.62. The monoisotopic (exact) mass is 362 g/mol. The normalized spacial score (nSPS) is 17.0. The van der Waals surface area contributed by atoms with Gasteiger partial charge in [-0.1, -0.05) is 17.7 Å². The number of amides is 1. The topological polar surface area (TPSA) is 67.9 Å². The van der Waals surface area contributed by atoms with E-state index in [1.165, 1.54) is 12.7 Å². The molecule has 1 aliphatic rings. The summed E-state index contributed by atoms with van der Waals surface area (Å²) in [5, 5.41) is 4.78. The molecule has 1 saturated heterocycles. The number of carbonyl (C=O) groups excluding carboxylic acids is 2. The van der Waals surface area contributed by atoms with Crippen molar-refractivity contribution in [3.8, 4) is 0 Å². The van der Waals surface area contributed by atoms with Crippen molar-refractivity contribution in [1.29, 1.82) is 0 Å². The summed E-state index contributed by atoms with van der Waals surface area (Å²) >= 11 is 0. The number of ether oxygens (including phenoxy) is 1. The van der Waals surface area contributed by atoms with Crippen molar-refractivity contribution >= 4 is 11.9 Å². The third kappa shape index (κ3) is 5.05. The lowest BCUT2D eigenvalue weighted by atomic mass is 9.89. The highest BCUT2D eigenvalue weighted by Gasteiger charge is 2.33. The third-order valence-electron chi connectivity index (χ3n) is 5.18. The number of hydrogen-bond donors (Lipinski definition) is 1. The minimum Gasteiger partial charge on any atom is -0.467 e. The third-order valence-corrected chi connectivity index (χ3v) is 5.18. The zero-order valence-corrected chi connectivity index (χ0v) is 16.4. The Labute approximate surface area is 155 Å². The van der Waals surface area contributed by atoms with Crippen molar-refractivity contribution < 1.29 is 19.2 Å². The van der Waals surface area contributed by atoms with Crippen LogP contribution in [0.5, 0.6) is 0 Å². The van der Waals surface area contributed by atoms with Gasteiger partial charge in [-0.15, -0.1) is 0 Å². The van der Waals surface area contributed by atoms with Gasteiger partial charge in [0.25, 0.3) is 0 Å². The van der Waals surface area contributed by atoms with E-state index in [9.17, 15) is 9.59 Å². The molecule has 1 unspecified atom stereocenters. The molecule has 1 N–H and O–H groups in total. The van der Waals surface area contributed by atoms with E-state index in [0.29, 0.717) is 0 Å². The molecular weight excluding hydrogens is 332 g/mol. The van der Waals surface area contributed by atoms with Crippen LogP contribution in [0.15, 0.2) is 12.1 Å². The Morgan fingerprint density at radius 3 is 2.23 bits per heavy atom. The van der Waals surface area contributed by atoms with Crippen molar-refractivity contribution in [2.24, 2.45) is 5.92 Å². The number of hydrogen-bond acceptors (Lipinski definition) is 5. The largest absolute Gasteiger partial charge is 0.467 e. The number of nitrogens with one attached hydrogen (secondary N) is 1. The number of aryl methyl sites for hydroxylation is 3. The second-order valence-corrected chi connectivity index (χ2v) is 7.07. The van der Waals surface area contributed by atoms with Crippen LogP contribution in [-0.2, 0) is 25.6 Å². The van der Waals surface area contributed by atoms with E-state index in [2.05, 4.69) is 17.4 Å². The van der Waals surface area contributed by atoms with Gasteiger partial charge in [-0.05, 0) is 56.2 Å². The molecule has 26 heavy (non-hydrogen) atoms. The number of carbonyl (C=O) groups is 2.